The highest BCUT2D eigenvalue weighted by atomic mass is 16.6. The smallest absolute Gasteiger partial charge is 0.124 e. The number of hydrogen-bond acceptors (Lipinski definition) is 5. The predicted molar refractivity (Wildman–Crippen MR) is 76.2 cm³/mol. The number of benzene rings is 1. The van der Waals surface area contributed by atoms with Gasteiger partial charge in [0.25, 0.3) is 0 Å². The maximum Gasteiger partial charge on any atom is 0.124 e. The van der Waals surface area contributed by atoms with Gasteiger partial charge in [0.05, 0.1) is 32.5 Å². The van der Waals surface area contributed by atoms with Crippen LogP contribution < -0.4 is 10.1 Å². The zero-order valence-electron chi connectivity index (χ0n) is 12.1. The Bertz CT molecular complexity index is 399. The third-order valence-corrected chi connectivity index (χ3v) is 3.33. The molecule has 112 valence electrons. The van der Waals surface area contributed by atoms with Crippen molar-refractivity contribution in [3.05, 3.63) is 29.8 Å². The van der Waals surface area contributed by atoms with Gasteiger partial charge in [-0.1, -0.05) is 18.2 Å². The number of methoxy groups -OCH3 is 1. The summed E-state index contributed by atoms with van der Waals surface area (Å²) in [7, 11) is 3.60. The van der Waals surface area contributed by atoms with Gasteiger partial charge in [-0.25, -0.2) is 0 Å². The highest BCUT2D eigenvalue weighted by molar-refractivity contribution is 5.38. The lowest BCUT2D eigenvalue weighted by Gasteiger charge is -2.33. The molecule has 0 aromatic heterocycles. The molecule has 0 radical (unpaired) electrons. The third-order valence-electron chi connectivity index (χ3n) is 3.33. The minimum Gasteiger partial charge on any atom is -0.490 e. The van der Waals surface area contributed by atoms with Crippen LogP contribution >= 0.6 is 0 Å². The number of para-hydroxylation sites is 1. The van der Waals surface area contributed by atoms with Crippen LogP contribution in [0.3, 0.4) is 0 Å². The fraction of sp³-hybridized carbons (Fsp3) is 0.600. The van der Waals surface area contributed by atoms with Gasteiger partial charge in [0.1, 0.15) is 18.5 Å². The molecule has 0 aliphatic carbocycles. The van der Waals surface area contributed by atoms with E-state index in [1.807, 2.05) is 25.2 Å². The van der Waals surface area contributed by atoms with Crippen molar-refractivity contribution >= 4 is 0 Å². The van der Waals surface area contributed by atoms with Crippen molar-refractivity contribution in [3.8, 4) is 5.75 Å². The van der Waals surface area contributed by atoms with Crippen LogP contribution in [0.2, 0.25) is 0 Å². The first-order valence-electron chi connectivity index (χ1n) is 6.94. The Morgan fingerprint density at radius 2 is 2.00 bits per heavy atom. The topological polar surface area (TPSA) is 49.0 Å². The molecule has 20 heavy (non-hydrogen) atoms. The van der Waals surface area contributed by atoms with E-state index in [4.69, 9.17) is 18.9 Å². The summed E-state index contributed by atoms with van der Waals surface area (Å²) in [5.74, 6) is 0.933. The van der Waals surface area contributed by atoms with Crippen molar-refractivity contribution in [1.29, 1.82) is 0 Å². The minimum absolute atomic E-state index is 0.000857. The van der Waals surface area contributed by atoms with Crippen LogP contribution in [-0.4, -0.2) is 53.3 Å². The van der Waals surface area contributed by atoms with E-state index in [-0.39, 0.29) is 12.1 Å². The van der Waals surface area contributed by atoms with Crippen molar-refractivity contribution in [2.45, 2.75) is 12.1 Å². The monoisotopic (exact) mass is 281 g/mol. The van der Waals surface area contributed by atoms with Crippen molar-refractivity contribution < 1.29 is 18.9 Å². The van der Waals surface area contributed by atoms with Gasteiger partial charge < -0.3 is 24.3 Å². The first-order valence-corrected chi connectivity index (χ1v) is 6.94. The Morgan fingerprint density at radius 1 is 1.20 bits per heavy atom. The zero-order chi connectivity index (χ0) is 14.2. The number of fused-ring (bicyclic) bond motifs is 1. The Morgan fingerprint density at radius 3 is 2.80 bits per heavy atom. The molecule has 1 heterocycles. The molecule has 2 atom stereocenters. The van der Waals surface area contributed by atoms with E-state index in [2.05, 4.69) is 11.4 Å². The molecule has 2 rings (SSSR count). The van der Waals surface area contributed by atoms with Gasteiger partial charge in [-0.2, -0.15) is 0 Å². The SMILES string of the molecule is CNC1c2ccccc2OCC1OCCOCCOC. The summed E-state index contributed by atoms with van der Waals surface area (Å²) >= 11 is 0. The molecule has 0 amide bonds. The Hall–Kier alpha value is -1.14. The van der Waals surface area contributed by atoms with Gasteiger partial charge in [-0.05, 0) is 13.1 Å². The molecule has 0 spiro atoms. The molecule has 1 aromatic carbocycles. The van der Waals surface area contributed by atoms with Crippen LogP contribution in [0.4, 0.5) is 0 Å². The van der Waals surface area contributed by atoms with Crippen molar-refractivity contribution in [1.82, 2.24) is 5.32 Å². The fourth-order valence-electron chi connectivity index (χ4n) is 2.33. The van der Waals surface area contributed by atoms with E-state index in [1.165, 1.54) is 0 Å². The number of likely N-dealkylation sites (N-methyl/N-ethyl adjacent to an activating group) is 1. The molecule has 0 saturated carbocycles. The van der Waals surface area contributed by atoms with E-state index in [9.17, 15) is 0 Å². The summed E-state index contributed by atoms with van der Waals surface area (Å²) in [6, 6.07) is 8.21. The van der Waals surface area contributed by atoms with Crippen LogP contribution in [0.1, 0.15) is 11.6 Å². The largest absolute Gasteiger partial charge is 0.490 e. The molecule has 5 nitrogen and oxygen atoms in total. The second kappa shape index (κ2) is 8.21. The molecule has 1 N–H and O–H groups in total. The first kappa shape index (κ1) is 15.3. The van der Waals surface area contributed by atoms with Crippen LogP contribution in [-0.2, 0) is 14.2 Å². The Kier molecular flexibility index (Phi) is 6.26. The molecule has 0 fully saturated rings. The van der Waals surface area contributed by atoms with Crippen molar-refractivity contribution in [3.63, 3.8) is 0 Å². The zero-order valence-corrected chi connectivity index (χ0v) is 12.1. The standard InChI is InChI=1S/C15H23NO4/c1-16-15-12-5-3-4-6-13(12)20-11-14(15)19-10-9-18-8-7-17-2/h3-6,14-16H,7-11H2,1-2H3. The normalized spacial score (nSPS) is 21.3. The number of nitrogens with one attached hydrogen (secondary N) is 1. The van der Waals surface area contributed by atoms with E-state index in [1.54, 1.807) is 7.11 Å². The van der Waals surface area contributed by atoms with Crippen molar-refractivity contribution in [2.75, 3.05) is 47.2 Å². The summed E-state index contributed by atoms with van der Waals surface area (Å²) in [5, 5.41) is 3.31. The van der Waals surface area contributed by atoms with Gasteiger partial charge in [0, 0.05) is 12.7 Å². The van der Waals surface area contributed by atoms with E-state index in [0.29, 0.717) is 33.0 Å². The van der Waals surface area contributed by atoms with Crippen LogP contribution in [0, 0.1) is 0 Å². The third kappa shape index (κ3) is 3.93. The van der Waals surface area contributed by atoms with Gasteiger partial charge in [-0.15, -0.1) is 0 Å². The fourth-order valence-corrected chi connectivity index (χ4v) is 2.33. The average Bonchev–Trinajstić information content (AvgIpc) is 2.50. The summed E-state index contributed by atoms with van der Waals surface area (Å²) in [4.78, 5) is 0. The van der Waals surface area contributed by atoms with Crippen LogP contribution in [0.15, 0.2) is 24.3 Å². The molecular formula is C15H23NO4. The second-order valence-electron chi connectivity index (χ2n) is 4.63. The number of hydrogen-bond donors (Lipinski definition) is 1. The summed E-state index contributed by atoms with van der Waals surface area (Å²) in [6.45, 7) is 2.88. The van der Waals surface area contributed by atoms with Gasteiger partial charge >= 0.3 is 0 Å². The van der Waals surface area contributed by atoms with Gasteiger partial charge in [0.15, 0.2) is 0 Å². The second-order valence-corrected chi connectivity index (χ2v) is 4.63. The summed E-state index contributed by atoms with van der Waals surface area (Å²) in [5.41, 5.74) is 1.14. The van der Waals surface area contributed by atoms with E-state index >= 15 is 0 Å². The summed E-state index contributed by atoms with van der Waals surface area (Å²) in [6.07, 6.45) is 0.000857. The van der Waals surface area contributed by atoms with Crippen LogP contribution in [0.5, 0.6) is 5.75 Å². The molecular weight excluding hydrogens is 258 g/mol. The summed E-state index contributed by atoms with van der Waals surface area (Å²) < 4.78 is 21.9. The quantitative estimate of drug-likeness (QED) is 0.730. The maximum absolute atomic E-state index is 5.87. The lowest BCUT2D eigenvalue weighted by molar-refractivity contribution is -0.0430. The average molecular weight is 281 g/mol. The minimum atomic E-state index is 0.000857. The van der Waals surface area contributed by atoms with E-state index in [0.717, 1.165) is 11.3 Å². The Balaban J connectivity index is 1.81. The molecule has 1 aromatic rings. The Labute approximate surface area is 120 Å². The van der Waals surface area contributed by atoms with Crippen LogP contribution in [0.25, 0.3) is 0 Å². The number of ether oxygens (including phenoxy) is 4. The molecule has 2 unspecified atom stereocenters. The predicted octanol–water partition coefficient (Wildman–Crippen LogP) is 1.39. The van der Waals surface area contributed by atoms with Crippen molar-refractivity contribution in [2.24, 2.45) is 0 Å². The van der Waals surface area contributed by atoms with E-state index < -0.39 is 0 Å². The molecule has 1 aliphatic heterocycles. The number of rotatable bonds is 8. The molecule has 0 bridgehead atoms. The molecule has 0 saturated heterocycles. The highest BCUT2D eigenvalue weighted by Gasteiger charge is 2.30. The van der Waals surface area contributed by atoms with Gasteiger partial charge in [0.2, 0.25) is 0 Å². The maximum atomic E-state index is 5.87. The molecule has 1 aliphatic rings. The lowest BCUT2D eigenvalue weighted by Crippen LogP contribution is -2.40. The molecule has 5 heteroatoms. The lowest BCUT2D eigenvalue weighted by atomic mass is 9.98. The highest BCUT2D eigenvalue weighted by Crippen LogP contribution is 2.32. The first-order chi connectivity index (χ1) is 9.86. The van der Waals surface area contributed by atoms with Gasteiger partial charge in [-0.3, -0.25) is 0 Å².